The molecule has 0 aliphatic rings. The van der Waals surface area contributed by atoms with Gasteiger partial charge in [0.15, 0.2) is 5.69 Å². The third-order valence-corrected chi connectivity index (χ3v) is 4.60. The highest BCUT2D eigenvalue weighted by atomic mass is 16.5. The van der Waals surface area contributed by atoms with Gasteiger partial charge in [0, 0.05) is 5.69 Å². The minimum absolute atomic E-state index is 0.0938. The molecule has 9 heteroatoms. The van der Waals surface area contributed by atoms with Crippen molar-refractivity contribution >= 4 is 23.5 Å². The number of hydrogen-bond acceptors (Lipinski definition) is 7. The van der Waals surface area contributed by atoms with Gasteiger partial charge in [-0.05, 0) is 50.6 Å². The first kappa shape index (κ1) is 21.7. The number of rotatable bonds is 5. The van der Waals surface area contributed by atoms with Crippen LogP contribution >= 0.6 is 0 Å². The number of esters is 2. The number of nitrogens with zero attached hydrogens (tertiary/aromatic N) is 3. The predicted octanol–water partition coefficient (Wildman–Crippen LogP) is 3.02. The molecule has 0 unspecified atom stereocenters. The van der Waals surface area contributed by atoms with Crippen LogP contribution in [0.15, 0.2) is 36.4 Å². The number of anilines is 1. The minimum atomic E-state index is -0.654. The number of methoxy groups -OCH3 is 2. The maximum Gasteiger partial charge on any atom is 0.337 e. The van der Waals surface area contributed by atoms with E-state index in [-0.39, 0.29) is 22.5 Å². The highest BCUT2D eigenvalue weighted by molar-refractivity contribution is 6.05. The Morgan fingerprint density at radius 2 is 1.48 bits per heavy atom. The van der Waals surface area contributed by atoms with E-state index in [4.69, 9.17) is 9.47 Å². The van der Waals surface area contributed by atoms with Crippen molar-refractivity contribution in [2.75, 3.05) is 19.5 Å². The van der Waals surface area contributed by atoms with Gasteiger partial charge in [-0.1, -0.05) is 17.7 Å². The summed E-state index contributed by atoms with van der Waals surface area (Å²) in [5.41, 5.74) is 3.78. The molecule has 0 aliphatic heterocycles. The fourth-order valence-corrected chi connectivity index (χ4v) is 3.09. The van der Waals surface area contributed by atoms with E-state index in [1.165, 1.54) is 37.2 Å². The molecule has 0 radical (unpaired) electrons. The van der Waals surface area contributed by atoms with Gasteiger partial charge in [-0.3, -0.25) is 4.79 Å². The smallest absolute Gasteiger partial charge is 0.337 e. The van der Waals surface area contributed by atoms with Crippen molar-refractivity contribution < 1.29 is 23.9 Å². The molecule has 31 heavy (non-hydrogen) atoms. The van der Waals surface area contributed by atoms with Crippen molar-refractivity contribution in [1.29, 1.82) is 0 Å². The first-order valence-corrected chi connectivity index (χ1v) is 9.38. The lowest BCUT2D eigenvalue weighted by Gasteiger charge is -2.09. The fraction of sp³-hybridized carbons (Fsp3) is 0.227. The van der Waals surface area contributed by atoms with E-state index in [1.807, 2.05) is 32.0 Å². The first-order valence-electron chi connectivity index (χ1n) is 9.38. The van der Waals surface area contributed by atoms with E-state index >= 15 is 0 Å². The van der Waals surface area contributed by atoms with Crippen molar-refractivity contribution in [1.82, 2.24) is 15.0 Å². The molecule has 160 valence electrons. The van der Waals surface area contributed by atoms with E-state index in [1.54, 1.807) is 6.92 Å². The summed E-state index contributed by atoms with van der Waals surface area (Å²) >= 11 is 0. The molecule has 0 bridgehead atoms. The lowest BCUT2D eigenvalue weighted by Crippen LogP contribution is -2.16. The number of benzene rings is 2. The van der Waals surface area contributed by atoms with Crippen LogP contribution in [0.5, 0.6) is 0 Å². The molecule has 3 aromatic rings. The lowest BCUT2D eigenvalue weighted by atomic mass is 10.1. The van der Waals surface area contributed by atoms with Crippen LogP contribution in [0.2, 0.25) is 0 Å². The second-order valence-corrected chi connectivity index (χ2v) is 6.95. The molecule has 0 spiro atoms. The van der Waals surface area contributed by atoms with Crippen LogP contribution in [0.25, 0.3) is 5.69 Å². The lowest BCUT2D eigenvalue weighted by molar-refractivity contribution is 0.0599. The minimum Gasteiger partial charge on any atom is -0.465 e. The number of aryl methyl sites for hydroxylation is 3. The highest BCUT2D eigenvalue weighted by Crippen LogP contribution is 2.19. The van der Waals surface area contributed by atoms with Gasteiger partial charge in [-0.2, -0.15) is 9.90 Å². The third-order valence-electron chi connectivity index (χ3n) is 4.60. The summed E-state index contributed by atoms with van der Waals surface area (Å²) in [6, 6.07) is 9.96. The Labute approximate surface area is 179 Å². The van der Waals surface area contributed by atoms with E-state index in [0.29, 0.717) is 5.69 Å². The number of hydrogen-bond donors (Lipinski definition) is 1. The van der Waals surface area contributed by atoms with Crippen LogP contribution in [0.3, 0.4) is 0 Å². The van der Waals surface area contributed by atoms with E-state index in [2.05, 4.69) is 15.5 Å². The fourth-order valence-electron chi connectivity index (χ4n) is 3.09. The van der Waals surface area contributed by atoms with E-state index < -0.39 is 17.8 Å². The summed E-state index contributed by atoms with van der Waals surface area (Å²) in [6.07, 6.45) is 0. The molecule has 0 aliphatic carbocycles. The molecule has 3 rings (SSSR count). The zero-order chi connectivity index (χ0) is 22.7. The molecule has 0 fully saturated rings. The van der Waals surface area contributed by atoms with Crippen molar-refractivity contribution in [3.8, 4) is 5.69 Å². The molecular weight excluding hydrogens is 400 g/mol. The second kappa shape index (κ2) is 8.78. The topological polar surface area (TPSA) is 112 Å². The van der Waals surface area contributed by atoms with Gasteiger partial charge in [0.25, 0.3) is 5.91 Å². The molecule has 1 heterocycles. The molecule has 9 nitrogen and oxygen atoms in total. The standard InChI is InChI=1S/C22H22N4O5/c1-12-6-7-18(13(2)8-12)26-24-14(3)19(25-26)20(27)23-17-10-15(21(28)30-4)9-16(11-17)22(29)31-5/h6-11H,1-5H3,(H,23,27). The monoisotopic (exact) mass is 422 g/mol. The molecule has 2 aromatic carbocycles. The van der Waals surface area contributed by atoms with Crippen molar-refractivity contribution in [3.63, 3.8) is 0 Å². The Hall–Kier alpha value is -4.01. The van der Waals surface area contributed by atoms with Gasteiger partial charge in [-0.15, -0.1) is 5.10 Å². The van der Waals surface area contributed by atoms with E-state index in [0.717, 1.165) is 16.8 Å². The summed E-state index contributed by atoms with van der Waals surface area (Å²) < 4.78 is 9.42. The number of aromatic nitrogens is 3. The predicted molar refractivity (Wildman–Crippen MR) is 113 cm³/mol. The van der Waals surface area contributed by atoms with Gasteiger partial charge in [-0.25, -0.2) is 9.59 Å². The second-order valence-electron chi connectivity index (χ2n) is 6.95. The maximum absolute atomic E-state index is 12.9. The van der Waals surface area contributed by atoms with Gasteiger partial charge in [0.1, 0.15) is 0 Å². The van der Waals surface area contributed by atoms with Crippen LogP contribution < -0.4 is 5.32 Å². The van der Waals surface area contributed by atoms with Crippen molar-refractivity contribution in [3.05, 3.63) is 70.0 Å². The summed E-state index contributed by atoms with van der Waals surface area (Å²) in [6.45, 7) is 5.60. The number of amides is 1. The quantitative estimate of drug-likeness (QED) is 0.629. The summed E-state index contributed by atoms with van der Waals surface area (Å²) in [5, 5.41) is 11.3. The van der Waals surface area contributed by atoms with Gasteiger partial charge in [0.2, 0.25) is 0 Å². The Morgan fingerprint density at radius 3 is 2.03 bits per heavy atom. The molecule has 0 atom stereocenters. The molecular formula is C22H22N4O5. The molecule has 1 aromatic heterocycles. The average Bonchev–Trinajstić information content (AvgIpc) is 3.13. The Kier molecular flexibility index (Phi) is 6.15. The largest absolute Gasteiger partial charge is 0.465 e. The summed E-state index contributed by atoms with van der Waals surface area (Å²) in [7, 11) is 2.44. The molecule has 0 saturated carbocycles. The van der Waals surface area contributed by atoms with Gasteiger partial charge >= 0.3 is 11.9 Å². The molecule has 1 N–H and O–H groups in total. The molecule has 0 saturated heterocycles. The van der Waals surface area contributed by atoms with E-state index in [9.17, 15) is 14.4 Å². The Balaban J connectivity index is 1.93. The van der Waals surface area contributed by atoms with Gasteiger partial charge < -0.3 is 14.8 Å². The summed E-state index contributed by atoms with van der Waals surface area (Å²) in [4.78, 5) is 38.2. The number of ether oxygens (including phenoxy) is 2. The summed E-state index contributed by atoms with van der Waals surface area (Å²) in [5.74, 6) is -1.84. The van der Waals surface area contributed by atoms with Crippen LogP contribution in [-0.2, 0) is 9.47 Å². The zero-order valence-corrected chi connectivity index (χ0v) is 17.8. The SMILES string of the molecule is COC(=O)c1cc(NC(=O)c2nn(-c3ccc(C)cc3C)nc2C)cc(C(=O)OC)c1. The number of nitrogens with one attached hydrogen (secondary N) is 1. The van der Waals surface area contributed by atoms with Gasteiger partial charge in [0.05, 0.1) is 36.7 Å². The van der Waals surface area contributed by atoms with Crippen LogP contribution in [-0.4, -0.2) is 47.1 Å². The number of carbonyl (C=O) groups is 3. The first-order chi connectivity index (χ1) is 14.7. The van der Waals surface area contributed by atoms with Crippen molar-refractivity contribution in [2.24, 2.45) is 0 Å². The maximum atomic E-state index is 12.9. The zero-order valence-electron chi connectivity index (χ0n) is 17.8. The average molecular weight is 422 g/mol. The van der Waals surface area contributed by atoms with Crippen LogP contribution in [0, 0.1) is 20.8 Å². The van der Waals surface area contributed by atoms with Crippen molar-refractivity contribution in [2.45, 2.75) is 20.8 Å². The Bertz CT molecular complexity index is 1150. The third kappa shape index (κ3) is 4.61. The Morgan fingerprint density at radius 1 is 0.871 bits per heavy atom. The number of carbonyl (C=O) groups excluding carboxylic acids is 3. The van der Waals surface area contributed by atoms with Crippen LogP contribution in [0.4, 0.5) is 5.69 Å². The van der Waals surface area contributed by atoms with Crippen LogP contribution in [0.1, 0.15) is 48.0 Å². The highest BCUT2D eigenvalue weighted by Gasteiger charge is 2.20. The normalized spacial score (nSPS) is 10.5. The molecule has 1 amide bonds.